The third-order valence-corrected chi connectivity index (χ3v) is 9.82. The fourth-order valence-electron chi connectivity index (χ4n) is 7.45. The van der Waals surface area contributed by atoms with Crippen molar-refractivity contribution in [2.45, 2.75) is 0 Å². The summed E-state index contributed by atoms with van der Waals surface area (Å²) in [5.41, 5.74) is 13.1. The Labute approximate surface area is 291 Å². The zero-order valence-electron chi connectivity index (χ0n) is 27.6. The highest BCUT2D eigenvalue weighted by Gasteiger charge is 2.18. The van der Waals surface area contributed by atoms with Crippen LogP contribution in [0.2, 0.25) is 0 Å². The van der Waals surface area contributed by atoms with E-state index in [0.717, 1.165) is 55.8 Å². The average molecular weight is 639 g/mol. The number of hydrogen-bond donors (Lipinski definition) is 0. The molecule has 9 aromatic rings. The summed E-state index contributed by atoms with van der Waals surface area (Å²) in [6.07, 6.45) is 2.17. The van der Waals surface area contributed by atoms with E-state index in [2.05, 4.69) is 192 Å². The molecule has 7 aromatic carbocycles. The van der Waals surface area contributed by atoms with Crippen molar-refractivity contribution in [1.29, 1.82) is 0 Å². The van der Waals surface area contributed by atoms with Gasteiger partial charge in [0.05, 0.1) is 22.1 Å². The molecule has 0 aliphatic rings. The van der Waals surface area contributed by atoms with Gasteiger partial charge in [0.25, 0.3) is 0 Å². The second kappa shape index (κ2) is 12.1. The van der Waals surface area contributed by atoms with Crippen molar-refractivity contribution in [1.82, 2.24) is 9.13 Å². The molecular formula is C48H34N2. The minimum absolute atomic E-state index is 0.899. The van der Waals surface area contributed by atoms with Crippen LogP contribution in [0.1, 0.15) is 11.1 Å². The molecule has 236 valence electrons. The molecule has 0 saturated heterocycles. The van der Waals surface area contributed by atoms with Gasteiger partial charge in [0.1, 0.15) is 0 Å². The van der Waals surface area contributed by atoms with Crippen LogP contribution in [-0.2, 0) is 0 Å². The fraction of sp³-hybridized carbons (Fsp3) is 0. The summed E-state index contributed by atoms with van der Waals surface area (Å²) in [6, 6.07) is 62.5. The first-order valence-electron chi connectivity index (χ1n) is 17.0. The van der Waals surface area contributed by atoms with Crippen LogP contribution in [0.5, 0.6) is 0 Å². The lowest BCUT2D eigenvalue weighted by atomic mass is 9.97. The first-order chi connectivity index (χ1) is 24.7. The van der Waals surface area contributed by atoms with Crippen LogP contribution in [0.4, 0.5) is 0 Å². The Kier molecular flexibility index (Phi) is 7.14. The molecule has 2 aromatic heterocycles. The maximum Gasteiger partial charge on any atom is 0.0547 e. The maximum absolute atomic E-state index is 4.78. The van der Waals surface area contributed by atoms with Crippen LogP contribution in [0, 0.1) is 0 Å². The molecule has 0 saturated carbocycles. The minimum atomic E-state index is 0.899. The number of allylic oxidation sites excluding steroid dienone is 4. The summed E-state index contributed by atoms with van der Waals surface area (Å²) in [5, 5.41) is 4.91. The molecule has 0 spiro atoms. The highest BCUT2D eigenvalue weighted by Crippen LogP contribution is 2.39. The maximum atomic E-state index is 4.78. The van der Waals surface area contributed by atoms with Gasteiger partial charge < -0.3 is 9.13 Å². The fourth-order valence-corrected chi connectivity index (χ4v) is 7.45. The molecule has 2 nitrogen and oxygen atoms in total. The number of hydrogen-bond acceptors (Lipinski definition) is 0. The monoisotopic (exact) mass is 638 g/mol. The highest BCUT2D eigenvalue weighted by atomic mass is 15.0. The molecule has 0 N–H and O–H groups in total. The summed E-state index contributed by atoms with van der Waals surface area (Å²) in [4.78, 5) is 0. The molecule has 50 heavy (non-hydrogen) atoms. The van der Waals surface area contributed by atoms with Crippen LogP contribution in [-0.4, -0.2) is 9.13 Å². The average Bonchev–Trinajstić information content (AvgIpc) is 3.70. The summed E-state index contributed by atoms with van der Waals surface area (Å²) in [6.45, 7) is 9.25. The second-order valence-electron chi connectivity index (χ2n) is 12.8. The standard InChI is InChI=1S/C48H34N2/c1-33(35-16-5-3-6-17-35)30-44(36-18-7-4-8-19-36)34(2)49-45-25-12-9-24-42(45)43-29-28-38(32-48(43)49)37-20-15-21-39(31-37)50-46-26-13-10-22-40(46)41-23-11-14-27-47(41)50/h3-32H,1-2H2/b44-30+. The third-order valence-electron chi connectivity index (χ3n) is 9.82. The normalized spacial score (nSPS) is 11.9. The number of para-hydroxylation sites is 3. The van der Waals surface area contributed by atoms with Crippen molar-refractivity contribution in [2.24, 2.45) is 0 Å². The molecule has 2 heterocycles. The van der Waals surface area contributed by atoms with Crippen molar-refractivity contribution in [2.75, 3.05) is 0 Å². The third kappa shape index (κ3) is 4.89. The van der Waals surface area contributed by atoms with E-state index in [1.807, 2.05) is 6.07 Å². The van der Waals surface area contributed by atoms with E-state index in [4.69, 9.17) is 6.58 Å². The first kappa shape index (κ1) is 29.5. The van der Waals surface area contributed by atoms with Gasteiger partial charge in [-0.1, -0.05) is 153 Å². The Morgan fingerprint density at radius 3 is 1.60 bits per heavy atom. The van der Waals surface area contributed by atoms with Gasteiger partial charge in [0, 0.05) is 38.5 Å². The van der Waals surface area contributed by atoms with E-state index in [1.165, 1.54) is 32.6 Å². The molecule has 0 atom stereocenters. The molecule has 0 radical (unpaired) electrons. The van der Waals surface area contributed by atoms with Gasteiger partial charge in [0.2, 0.25) is 0 Å². The molecule has 0 aliphatic carbocycles. The van der Waals surface area contributed by atoms with Crippen LogP contribution < -0.4 is 0 Å². The number of rotatable bonds is 7. The lowest BCUT2D eigenvalue weighted by molar-refractivity contribution is 1.18. The van der Waals surface area contributed by atoms with E-state index in [-0.39, 0.29) is 0 Å². The Bertz CT molecular complexity index is 2720. The van der Waals surface area contributed by atoms with Crippen molar-refractivity contribution in [3.05, 3.63) is 206 Å². The highest BCUT2D eigenvalue weighted by molar-refractivity contribution is 6.15. The lowest BCUT2D eigenvalue weighted by Crippen LogP contribution is -2.00. The summed E-state index contributed by atoms with van der Waals surface area (Å²) in [5.74, 6) is 0. The van der Waals surface area contributed by atoms with Crippen molar-refractivity contribution in [3.63, 3.8) is 0 Å². The lowest BCUT2D eigenvalue weighted by Gasteiger charge is -2.17. The zero-order chi connectivity index (χ0) is 33.6. The van der Waals surface area contributed by atoms with Gasteiger partial charge in [-0.05, 0) is 70.3 Å². The van der Waals surface area contributed by atoms with Crippen LogP contribution in [0.15, 0.2) is 195 Å². The first-order valence-corrected chi connectivity index (χ1v) is 17.0. The Balaban J connectivity index is 1.22. The number of benzene rings is 7. The van der Waals surface area contributed by atoms with Crippen molar-refractivity contribution >= 4 is 60.5 Å². The van der Waals surface area contributed by atoms with Crippen molar-refractivity contribution < 1.29 is 0 Å². The van der Waals surface area contributed by atoms with E-state index < -0.39 is 0 Å². The van der Waals surface area contributed by atoms with Gasteiger partial charge in [0.15, 0.2) is 0 Å². The number of aromatic nitrogens is 2. The van der Waals surface area contributed by atoms with E-state index in [1.54, 1.807) is 0 Å². The second-order valence-corrected chi connectivity index (χ2v) is 12.8. The van der Waals surface area contributed by atoms with Gasteiger partial charge in [-0.3, -0.25) is 0 Å². The van der Waals surface area contributed by atoms with Gasteiger partial charge in [-0.15, -0.1) is 0 Å². The zero-order valence-corrected chi connectivity index (χ0v) is 27.6. The van der Waals surface area contributed by atoms with Gasteiger partial charge in [-0.2, -0.15) is 0 Å². The van der Waals surface area contributed by atoms with Crippen LogP contribution in [0.25, 0.3) is 77.3 Å². The van der Waals surface area contributed by atoms with E-state index >= 15 is 0 Å². The number of nitrogens with zero attached hydrogens (tertiary/aromatic N) is 2. The van der Waals surface area contributed by atoms with E-state index in [0.29, 0.717) is 0 Å². The largest absolute Gasteiger partial charge is 0.309 e. The molecule has 0 unspecified atom stereocenters. The predicted molar refractivity (Wildman–Crippen MR) is 214 cm³/mol. The molecule has 0 aliphatic heterocycles. The number of fused-ring (bicyclic) bond motifs is 6. The molecular weight excluding hydrogens is 605 g/mol. The Morgan fingerprint density at radius 1 is 0.420 bits per heavy atom. The van der Waals surface area contributed by atoms with Crippen LogP contribution in [0.3, 0.4) is 0 Å². The topological polar surface area (TPSA) is 9.86 Å². The SMILES string of the molecule is C=C(/C=C(\C(=C)n1c2ccccc2c2ccc(-c3cccc(-n4c5ccccc5c5ccccc54)c3)cc21)c1ccccc1)c1ccccc1. The quantitative estimate of drug-likeness (QED) is 0.154. The van der Waals surface area contributed by atoms with E-state index in [9.17, 15) is 0 Å². The molecule has 0 amide bonds. The predicted octanol–water partition coefficient (Wildman–Crippen LogP) is 12.8. The Morgan fingerprint density at radius 2 is 0.940 bits per heavy atom. The smallest absolute Gasteiger partial charge is 0.0547 e. The Hall–Kier alpha value is -6.64. The summed E-state index contributed by atoms with van der Waals surface area (Å²) < 4.78 is 4.70. The molecule has 0 fully saturated rings. The van der Waals surface area contributed by atoms with Gasteiger partial charge >= 0.3 is 0 Å². The van der Waals surface area contributed by atoms with Gasteiger partial charge in [-0.25, -0.2) is 0 Å². The summed E-state index contributed by atoms with van der Waals surface area (Å²) in [7, 11) is 0. The summed E-state index contributed by atoms with van der Waals surface area (Å²) >= 11 is 0. The molecule has 2 heteroatoms. The van der Waals surface area contributed by atoms with Crippen LogP contribution >= 0.6 is 0 Å². The molecule has 0 bridgehead atoms. The minimum Gasteiger partial charge on any atom is -0.309 e. The molecule has 9 rings (SSSR count). The van der Waals surface area contributed by atoms with Crippen molar-refractivity contribution in [3.8, 4) is 16.8 Å².